The first-order valence-electron chi connectivity index (χ1n) is 7.01. The normalized spacial score (nSPS) is 10.3. The number of thioether (sulfide) groups is 1. The largest absolute Gasteiger partial charge is 0.294 e. The Kier molecular flexibility index (Phi) is 6.22. The Bertz CT molecular complexity index is 525. The lowest BCUT2D eigenvalue weighted by molar-refractivity contribution is 0.0983. The van der Waals surface area contributed by atoms with Crippen molar-refractivity contribution in [3.05, 3.63) is 71.8 Å². The van der Waals surface area contributed by atoms with Gasteiger partial charge in [0, 0.05) is 35.5 Å². The monoisotopic (exact) mass is 298 g/mol. The van der Waals surface area contributed by atoms with E-state index in [-0.39, 0.29) is 11.6 Å². The van der Waals surface area contributed by atoms with Crippen molar-refractivity contribution in [1.29, 1.82) is 0 Å². The number of benzene rings is 2. The average Bonchev–Trinajstić information content (AvgIpc) is 2.55. The van der Waals surface area contributed by atoms with Crippen LogP contribution in [0.5, 0.6) is 0 Å². The average molecular weight is 298 g/mol. The van der Waals surface area contributed by atoms with Crippen LogP contribution in [0.25, 0.3) is 0 Å². The standard InChI is InChI=1S/C18H18O2S/c19-17(15-7-3-1-4-8-15)11-13-21-14-12-18(20)16-9-5-2-6-10-16/h1-10H,11-14H2. The molecule has 0 fully saturated rings. The van der Waals surface area contributed by atoms with Gasteiger partial charge in [-0.1, -0.05) is 60.7 Å². The number of Topliss-reactive ketones (excluding diaryl/α,β-unsaturated/α-hetero) is 2. The van der Waals surface area contributed by atoms with Crippen molar-refractivity contribution >= 4 is 23.3 Å². The molecule has 0 radical (unpaired) electrons. The molecule has 0 saturated carbocycles. The molecule has 2 rings (SSSR count). The van der Waals surface area contributed by atoms with Crippen LogP contribution in [-0.2, 0) is 0 Å². The second kappa shape index (κ2) is 8.42. The summed E-state index contributed by atoms with van der Waals surface area (Å²) in [6, 6.07) is 18.7. The summed E-state index contributed by atoms with van der Waals surface area (Å²) in [6.45, 7) is 0. The third-order valence-electron chi connectivity index (χ3n) is 3.14. The molecule has 3 heteroatoms. The van der Waals surface area contributed by atoms with Gasteiger partial charge in [-0.3, -0.25) is 9.59 Å². The fourth-order valence-electron chi connectivity index (χ4n) is 1.97. The van der Waals surface area contributed by atoms with Crippen molar-refractivity contribution in [1.82, 2.24) is 0 Å². The molecule has 2 aromatic carbocycles. The minimum absolute atomic E-state index is 0.164. The summed E-state index contributed by atoms with van der Waals surface area (Å²) in [5.41, 5.74) is 1.52. The quantitative estimate of drug-likeness (QED) is 0.539. The van der Waals surface area contributed by atoms with Gasteiger partial charge in [-0.25, -0.2) is 0 Å². The SMILES string of the molecule is O=C(CCSCCC(=O)c1ccccc1)c1ccccc1. The molecular weight excluding hydrogens is 280 g/mol. The van der Waals surface area contributed by atoms with E-state index < -0.39 is 0 Å². The van der Waals surface area contributed by atoms with E-state index in [1.165, 1.54) is 0 Å². The van der Waals surface area contributed by atoms with Crippen LogP contribution >= 0.6 is 11.8 Å². The first-order valence-corrected chi connectivity index (χ1v) is 8.17. The predicted molar refractivity (Wildman–Crippen MR) is 88.1 cm³/mol. The third kappa shape index (κ3) is 5.20. The van der Waals surface area contributed by atoms with Gasteiger partial charge in [0.05, 0.1) is 0 Å². The Morgan fingerprint density at radius 3 is 1.43 bits per heavy atom. The molecular formula is C18H18O2S. The summed E-state index contributed by atoms with van der Waals surface area (Å²) in [5, 5.41) is 0. The zero-order valence-electron chi connectivity index (χ0n) is 11.8. The van der Waals surface area contributed by atoms with E-state index in [4.69, 9.17) is 0 Å². The van der Waals surface area contributed by atoms with E-state index in [0.717, 1.165) is 22.6 Å². The third-order valence-corrected chi connectivity index (χ3v) is 4.12. The molecule has 0 spiro atoms. The molecule has 0 saturated heterocycles. The first kappa shape index (κ1) is 15.5. The topological polar surface area (TPSA) is 34.1 Å². The minimum atomic E-state index is 0.164. The van der Waals surface area contributed by atoms with Crippen LogP contribution in [0.15, 0.2) is 60.7 Å². The highest BCUT2D eigenvalue weighted by molar-refractivity contribution is 7.99. The summed E-state index contributed by atoms with van der Waals surface area (Å²) >= 11 is 1.66. The zero-order chi connectivity index (χ0) is 14.9. The fourth-order valence-corrected chi connectivity index (χ4v) is 2.83. The fraction of sp³-hybridized carbons (Fsp3) is 0.222. The highest BCUT2D eigenvalue weighted by Crippen LogP contribution is 2.11. The van der Waals surface area contributed by atoms with Crippen LogP contribution in [0.2, 0.25) is 0 Å². The number of ketones is 2. The molecule has 0 aliphatic rings. The summed E-state index contributed by atoms with van der Waals surface area (Å²) in [7, 11) is 0. The van der Waals surface area contributed by atoms with Crippen LogP contribution in [0.1, 0.15) is 33.6 Å². The number of rotatable bonds is 8. The number of hydrogen-bond acceptors (Lipinski definition) is 3. The van der Waals surface area contributed by atoms with E-state index in [0.29, 0.717) is 12.8 Å². The van der Waals surface area contributed by atoms with Crippen molar-refractivity contribution in [2.45, 2.75) is 12.8 Å². The Morgan fingerprint density at radius 1 is 0.667 bits per heavy atom. The van der Waals surface area contributed by atoms with Gasteiger partial charge >= 0.3 is 0 Å². The van der Waals surface area contributed by atoms with Crippen molar-refractivity contribution < 1.29 is 9.59 Å². The molecule has 0 aliphatic heterocycles. The van der Waals surface area contributed by atoms with Crippen LogP contribution in [0.4, 0.5) is 0 Å². The van der Waals surface area contributed by atoms with Gasteiger partial charge in [-0.15, -0.1) is 0 Å². The highest BCUT2D eigenvalue weighted by atomic mass is 32.2. The molecule has 0 bridgehead atoms. The molecule has 0 N–H and O–H groups in total. The molecule has 0 amide bonds. The van der Waals surface area contributed by atoms with Crippen molar-refractivity contribution in [3.63, 3.8) is 0 Å². The summed E-state index contributed by atoms with van der Waals surface area (Å²) < 4.78 is 0. The van der Waals surface area contributed by atoms with Crippen LogP contribution in [0.3, 0.4) is 0 Å². The Labute approximate surface area is 129 Å². The van der Waals surface area contributed by atoms with Gasteiger partial charge in [-0.2, -0.15) is 11.8 Å². The molecule has 21 heavy (non-hydrogen) atoms. The second-order valence-electron chi connectivity index (χ2n) is 4.69. The Morgan fingerprint density at radius 2 is 1.05 bits per heavy atom. The van der Waals surface area contributed by atoms with Gasteiger partial charge in [0.1, 0.15) is 0 Å². The highest BCUT2D eigenvalue weighted by Gasteiger charge is 2.07. The molecule has 2 aromatic rings. The van der Waals surface area contributed by atoms with E-state index in [1.807, 2.05) is 60.7 Å². The molecule has 0 atom stereocenters. The van der Waals surface area contributed by atoms with Gasteiger partial charge in [0.25, 0.3) is 0 Å². The van der Waals surface area contributed by atoms with E-state index >= 15 is 0 Å². The van der Waals surface area contributed by atoms with Gasteiger partial charge in [0.2, 0.25) is 0 Å². The lowest BCUT2D eigenvalue weighted by atomic mass is 10.1. The predicted octanol–water partition coefficient (Wildman–Crippen LogP) is 4.27. The molecule has 0 heterocycles. The number of carbonyl (C=O) groups is 2. The second-order valence-corrected chi connectivity index (χ2v) is 5.92. The number of carbonyl (C=O) groups excluding carboxylic acids is 2. The molecule has 0 unspecified atom stereocenters. The van der Waals surface area contributed by atoms with Gasteiger partial charge < -0.3 is 0 Å². The van der Waals surface area contributed by atoms with E-state index in [9.17, 15) is 9.59 Å². The lowest BCUT2D eigenvalue weighted by Gasteiger charge is -2.02. The number of hydrogen-bond donors (Lipinski definition) is 0. The van der Waals surface area contributed by atoms with E-state index in [1.54, 1.807) is 11.8 Å². The molecule has 2 nitrogen and oxygen atoms in total. The molecule has 0 aliphatic carbocycles. The van der Waals surface area contributed by atoms with Crippen LogP contribution < -0.4 is 0 Å². The Hall–Kier alpha value is -1.87. The zero-order valence-corrected chi connectivity index (χ0v) is 12.6. The lowest BCUT2D eigenvalue weighted by Crippen LogP contribution is -2.03. The maximum atomic E-state index is 11.9. The van der Waals surface area contributed by atoms with Crippen molar-refractivity contribution in [3.8, 4) is 0 Å². The molecule has 0 aromatic heterocycles. The van der Waals surface area contributed by atoms with Gasteiger partial charge in [-0.05, 0) is 0 Å². The van der Waals surface area contributed by atoms with Gasteiger partial charge in [0.15, 0.2) is 11.6 Å². The maximum Gasteiger partial charge on any atom is 0.163 e. The van der Waals surface area contributed by atoms with Crippen molar-refractivity contribution in [2.24, 2.45) is 0 Å². The van der Waals surface area contributed by atoms with Crippen LogP contribution in [0, 0.1) is 0 Å². The smallest absolute Gasteiger partial charge is 0.163 e. The molecule has 108 valence electrons. The van der Waals surface area contributed by atoms with Crippen molar-refractivity contribution in [2.75, 3.05) is 11.5 Å². The summed E-state index contributed by atoms with van der Waals surface area (Å²) in [6.07, 6.45) is 1.04. The maximum absolute atomic E-state index is 11.9. The minimum Gasteiger partial charge on any atom is -0.294 e. The summed E-state index contributed by atoms with van der Waals surface area (Å²) in [4.78, 5) is 23.8. The van der Waals surface area contributed by atoms with E-state index in [2.05, 4.69) is 0 Å². The van der Waals surface area contributed by atoms with Crippen LogP contribution in [-0.4, -0.2) is 23.1 Å². The Balaban J connectivity index is 1.64. The summed E-state index contributed by atoms with van der Waals surface area (Å²) in [5.74, 6) is 1.85. The first-order chi connectivity index (χ1) is 10.3.